The van der Waals surface area contributed by atoms with Crippen molar-refractivity contribution in [2.24, 2.45) is 5.73 Å². The second kappa shape index (κ2) is 5.10. The molecule has 1 amide bonds. The Morgan fingerprint density at radius 2 is 2.16 bits per heavy atom. The van der Waals surface area contributed by atoms with E-state index in [9.17, 15) is 9.59 Å². The molecule has 0 aliphatic carbocycles. The van der Waals surface area contributed by atoms with Gasteiger partial charge in [0.2, 0.25) is 0 Å². The third kappa shape index (κ3) is 3.68. The molecule has 0 bridgehead atoms. The fraction of sp³-hybridized carbons (Fsp3) is 0.545. The predicted octanol–water partition coefficient (Wildman–Crippen LogP) is 2.42. The van der Waals surface area contributed by atoms with Crippen molar-refractivity contribution in [3.05, 3.63) is 5.69 Å². The average Bonchev–Trinajstić information content (AvgIpc) is 2.56. The maximum Gasteiger partial charge on any atom is 0.411 e. The van der Waals surface area contributed by atoms with Crippen LogP contribution in [0.4, 0.5) is 4.79 Å². The van der Waals surface area contributed by atoms with Crippen molar-refractivity contribution in [3.8, 4) is 5.19 Å². The van der Waals surface area contributed by atoms with Gasteiger partial charge in [0.15, 0.2) is 5.78 Å². The lowest BCUT2D eigenvalue weighted by Crippen LogP contribution is -2.29. The second-order valence-electron chi connectivity index (χ2n) is 4.94. The molecule has 2 heterocycles. The molecule has 1 unspecified atom stereocenters. The number of Topliss-reactive ketones (excluding diaryl/α,β-unsaturated/α-hetero) is 1. The summed E-state index contributed by atoms with van der Waals surface area (Å²) in [6.07, 6.45) is -0.680. The van der Waals surface area contributed by atoms with E-state index in [2.05, 4.69) is 4.98 Å². The number of primary amides is 1. The van der Waals surface area contributed by atoms with E-state index in [1.807, 2.05) is 20.8 Å². The number of rotatable bonds is 2. The fourth-order valence-electron chi connectivity index (χ4n) is 1.54. The first kappa shape index (κ1) is 14.3. The number of nitrogens with two attached hydrogens (primary N) is 1. The molecule has 1 atom stereocenters. The highest BCUT2D eigenvalue weighted by Crippen LogP contribution is 2.43. The normalized spacial score (nSPS) is 19.1. The van der Waals surface area contributed by atoms with Gasteiger partial charge in [-0.2, -0.15) is 4.98 Å². The van der Waals surface area contributed by atoms with Crippen LogP contribution in [0.1, 0.15) is 37.7 Å². The maximum absolute atomic E-state index is 12.0. The average molecular weight is 302 g/mol. The second-order valence-corrected chi connectivity index (χ2v) is 7.33. The van der Waals surface area contributed by atoms with E-state index in [0.29, 0.717) is 9.90 Å². The molecule has 0 saturated heterocycles. The molecular weight excluding hydrogens is 288 g/mol. The Kier molecular flexibility index (Phi) is 3.84. The summed E-state index contributed by atoms with van der Waals surface area (Å²) in [5.74, 6) is -0.112. The minimum Gasteiger partial charge on any atom is -0.381 e. The van der Waals surface area contributed by atoms with Crippen molar-refractivity contribution in [1.82, 2.24) is 4.98 Å². The van der Waals surface area contributed by atoms with Crippen LogP contribution in [0.5, 0.6) is 5.19 Å². The molecular formula is C11H14N2O4S2. The number of fused-ring (bicyclic) bond motifs is 1. The molecule has 19 heavy (non-hydrogen) atoms. The quantitative estimate of drug-likeness (QED) is 0.902. The molecule has 1 aliphatic rings. The number of thiazole rings is 1. The first-order chi connectivity index (χ1) is 8.74. The SMILES string of the molecule is CC(C)(C)OC1CC(=O)c2nc(OC(N)=O)sc2S1. The van der Waals surface area contributed by atoms with E-state index in [1.54, 1.807) is 0 Å². The van der Waals surface area contributed by atoms with E-state index in [-0.39, 0.29) is 28.4 Å². The zero-order valence-electron chi connectivity index (χ0n) is 10.8. The van der Waals surface area contributed by atoms with Crippen LogP contribution in [0.15, 0.2) is 4.21 Å². The number of thioether (sulfide) groups is 1. The molecule has 0 radical (unpaired) electrons. The van der Waals surface area contributed by atoms with Gasteiger partial charge in [0.1, 0.15) is 11.1 Å². The molecule has 1 aromatic heterocycles. The molecule has 8 heteroatoms. The highest BCUT2D eigenvalue weighted by atomic mass is 32.2. The topological polar surface area (TPSA) is 91.5 Å². The van der Waals surface area contributed by atoms with Crippen LogP contribution in [0, 0.1) is 0 Å². The van der Waals surface area contributed by atoms with E-state index in [0.717, 1.165) is 11.3 Å². The molecule has 0 aromatic carbocycles. The summed E-state index contributed by atoms with van der Waals surface area (Å²) in [5.41, 5.74) is 4.68. The summed E-state index contributed by atoms with van der Waals surface area (Å²) in [6, 6.07) is 0. The summed E-state index contributed by atoms with van der Waals surface area (Å²) in [6.45, 7) is 5.80. The van der Waals surface area contributed by atoms with Gasteiger partial charge in [0.25, 0.3) is 5.19 Å². The van der Waals surface area contributed by atoms with Crippen LogP contribution in [0.3, 0.4) is 0 Å². The summed E-state index contributed by atoms with van der Waals surface area (Å²) < 4.78 is 11.2. The largest absolute Gasteiger partial charge is 0.411 e. The van der Waals surface area contributed by atoms with Gasteiger partial charge >= 0.3 is 6.09 Å². The highest BCUT2D eigenvalue weighted by Gasteiger charge is 2.33. The lowest BCUT2D eigenvalue weighted by molar-refractivity contribution is -0.0199. The number of ketones is 1. The van der Waals surface area contributed by atoms with E-state index in [1.165, 1.54) is 11.8 Å². The van der Waals surface area contributed by atoms with Gasteiger partial charge in [-0.1, -0.05) is 23.1 Å². The Hall–Kier alpha value is -1.12. The number of carbonyl (C=O) groups excluding carboxylic acids is 2. The molecule has 0 spiro atoms. The third-order valence-corrected chi connectivity index (χ3v) is 4.30. The number of aromatic nitrogens is 1. The van der Waals surface area contributed by atoms with Gasteiger partial charge in [-0.05, 0) is 20.8 Å². The van der Waals surface area contributed by atoms with Gasteiger partial charge in [-0.3, -0.25) is 4.79 Å². The first-order valence-electron chi connectivity index (χ1n) is 5.60. The Balaban J connectivity index is 2.17. The number of nitrogens with zero attached hydrogens (tertiary/aromatic N) is 1. The smallest absolute Gasteiger partial charge is 0.381 e. The maximum atomic E-state index is 12.0. The number of ether oxygens (including phenoxy) is 2. The zero-order valence-corrected chi connectivity index (χ0v) is 12.4. The van der Waals surface area contributed by atoms with Gasteiger partial charge in [-0.25, -0.2) is 4.79 Å². The lowest BCUT2D eigenvalue weighted by Gasteiger charge is -2.28. The van der Waals surface area contributed by atoms with Crippen LogP contribution < -0.4 is 10.5 Å². The van der Waals surface area contributed by atoms with Crippen LogP contribution in [-0.2, 0) is 4.74 Å². The van der Waals surface area contributed by atoms with Crippen LogP contribution in [-0.4, -0.2) is 27.9 Å². The summed E-state index contributed by atoms with van der Waals surface area (Å²) in [7, 11) is 0. The Morgan fingerprint density at radius 3 is 2.74 bits per heavy atom. The Bertz CT molecular complexity index is 521. The van der Waals surface area contributed by atoms with E-state index in [4.69, 9.17) is 15.2 Å². The van der Waals surface area contributed by atoms with Crippen molar-refractivity contribution >= 4 is 35.0 Å². The van der Waals surface area contributed by atoms with Crippen molar-refractivity contribution in [1.29, 1.82) is 0 Å². The molecule has 2 N–H and O–H groups in total. The summed E-state index contributed by atoms with van der Waals surface area (Å²) in [5, 5.41) is 0.0924. The molecule has 0 saturated carbocycles. The van der Waals surface area contributed by atoms with Crippen molar-refractivity contribution in [2.45, 2.75) is 42.4 Å². The van der Waals surface area contributed by atoms with Crippen LogP contribution in [0.25, 0.3) is 0 Å². The molecule has 0 fully saturated rings. The molecule has 2 rings (SSSR count). The van der Waals surface area contributed by atoms with Crippen molar-refractivity contribution < 1.29 is 19.1 Å². The fourth-order valence-corrected chi connectivity index (χ4v) is 4.03. The minimum absolute atomic E-state index is 0.0924. The van der Waals surface area contributed by atoms with Crippen molar-refractivity contribution in [3.63, 3.8) is 0 Å². The number of amides is 1. The molecule has 6 nitrogen and oxygen atoms in total. The standard InChI is InChI=1S/C11H14N2O4S2/c1-11(2,3)17-6-4-5(14)7-8(18-6)19-10(13-7)16-9(12)15/h6H,4H2,1-3H3,(H2,12,15). The summed E-state index contributed by atoms with van der Waals surface area (Å²) in [4.78, 5) is 26.6. The van der Waals surface area contributed by atoms with Crippen LogP contribution >= 0.6 is 23.1 Å². The number of hydrogen-bond donors (Lipinski definition) is 1. The molecule has 1 aromatic rings. The molecule has 104 valence electrons. The third-order valence-electron chi connectivity index (χ3n) is 2.10. The molecule has 1 aliphatic heterocycles. The zero-order chi connectivity index (χ0) is 14.2. The van der Waals surface area contributed by atoms with Gasteiger partial charge in [0.05, 0.1) is 9.81 Å². The monoisotopic (exact) mass is 302 g/mol. The summed E-state index contributed by atoms with van der Waals surface area (Å²) >= 11 is 2.54. The first-order valence-corrected chi connectivity index (χ1v) is 7.30. The number of carbonyl (C=O) groups is 2. The van der Waals surface area contributed by atoms with Gasteiger partial charge in [0, 0.05) is 6.42 Å². The van der Waals surface area contributed by atoms with E-state index >= 15 is 0 Å². The minimum atomic E-state index is -0.939. The Morgan fingerprint density at radius 1 is 1.47 bits per heavy atom. The Labute approximate surface area is 118 Å². The lowest BCUT2D eigenvalue weighted by atomic mass is 10.2. The highest BCUT2D eigenvalue weighted by molar-refractivity contribution is 8.01. The van der Waals surface area contributed by atoms with Gasteiger partial charge < -0.3 is 15.2 Å². The predicted molar refractivity (Wildman–Crippen MR) is 71.8 cm³/mol. The number of hydrogen-bond acceptors (Lipinski definition) is 7. The van der Waals surface area contributed by atoms with Gasteiger partial charge in [-0.15, -0.1) is 0 Å². The van der Waals surface area contributed by atoms with Crippen LogP contribution in [0.2, 0.25) is 0 Å². The van der Waals surface area contributed by atoms with E-state index < -0.39 is 6.09 Å². The van der Waals surface area contributed by atoms with Crippen molar-refractivity contribution in [2.75, 3.05) is 0 Å².